The molecule has 6 heteroatoms. The maximum Gasteiger partial charge on any atom is 0.105 e. The van der Waals surface area contributed by atoms with Crippen molar-refractivity contribution in [2.45, 2.75) is 26.4 Å². The fourth-order valence-electron chi connectivity index (χ4n) is 1.28. The minimum atomic E-state index is -0.580. The van der Waals surface area contributed by atoms with E-state index in [1.165, 1.54) is 0 Å². The number of hydrogen-bond donors (Lipinski definition) is 1. The fraction of sp³-hybridized carbons (Fsp3) is 0.667. The molecule has 0 aliphatic heterocycles. The second-order valence-electron chi connectivity index (χ2n) is 3.76. The van der Waals surface area contributed by atoms with Gasteiger partial charge in [0.1, 0.15) is 6.04 Å². The van der Waals surface area contributed by atoms with Gasteiger partial charge < -0.3 is 5.11 Å². The monoisotopic (exact) mass is 209 g/mol. The lowest BCUT2D eigenvalue weighted by Gasteiger charge is -2.05. The van der Waals surface area contributed by atoms with Gasteiger partial charge in [0, 0.05) is 17.7 Å². The zero-order valence-electron chi connectivity index (χ0n) is 8.91. The summed E-state index contributed by atoms with van der Waals surface area (Å²) < 4.78 is 1.79. The zero-order valence-corrected chi connectivity index (χ0v) is 8.91. The molecular weight excluding hydrogens is 194 g/mol. The molecule has 1 unspecified atom stereocenters. The molecular formula is C9H15N5O. The van der Waals surface area contributed by atoms with E-state index in [1.54, 1.807) is 10.7 Å². The molecule has 0 amide bonds. The second kappa shape index (κ2) is 5.38. The maximum absolute atomic E-state index is 8.99. The van der Waals surface area contributed by atoms with Gasteiger partial charge in [-0.3, -0.25) is 4.68 Å². The van der Waals surface area contributed by atoms with Gasteiger partial charge in [0.15, 0.2) is 0 Å². The molecule has 0 radical (unpaired) electrons. The van der Waals surface area contributed by atoms with Gasteiger partial charge in [-0.05, 0) is 17.5 Å². The Hall–Kier alpha value is -1.52. The molecule has 0 saturated carbocycles. The van der Waals surface area contributed by atoms with Crippen LogP contribution >= 0.6 is 0 Å². The smallest absolute Gasteiger partial charge is 0.105 e. The van der Waals surface area contributed by atoms with Crippen LogP contribution in [0.3, 0.4) is 0 Å². The van der Waals surface area contributed by atoms with Gasteiger partial charge in [-0.2, -0.15) is 5.10 Å². The van der Waals surface area contributed by atoms with E-state index in [0.29, 0.717) is 11.6 Å². The van der Waals surface area contributed by atoms with Crippen LogP contribution in [0.5, 0.6) is 0 Å². The quantitative estimate of drug-likeness (QED) is 0.456. The summed E-state index contributed by atoms with van der Waals surface area (Å²) in [5.41, 5.74) is 8.90. The standard InChI is InChI=1S/C9H15N5O/c1-7(2)5-14-4-3-8(12-14)9(6-15)11-13-10/h3-4,7,9,15H,5-6H2,1-2H3. The van der Waals surface area contributed by atoms with E-state index < -0.39 is 6.04 Å². The Morgan fingerprint density at radius 3 is 2.93 bits per heavy atom. The molecule has 1 aromatic rings. The third kappa shape index (κ3) is 3.27. The lowest BCUT2D eigenvalue weighted by Crippen LogP contribution is -2.07. The summed E-state index contributed by atoms with van der Waals surface area (Å²) in [6.45, 7) is 4.79. The van der Waals surface area contributed by atoms with Crippen LogP contribution < -0.4 is 0 Å². The molecule has 1 rings (SSSR count). The first-order chi connectivity index (χ1) is 7.17. The predicted octanol–water partition coefficient (Wildman–Crippen LogP) is 1.88. The molecule has 1 N–H and O–H groups in total. The van der Waals surface area contributed by atoms with Gasteiger partial charge in [0.25, 0.3) is 0 Å². The molecule has 0 spiro atoms. The van der Waals surface area contributed by atoms with Crippen molar-refractivity contribution in [3.05, 3.63) is 28.4 Å². The zero-order chi connectivity index (χ0) is 11.3. The van der Waals surface area contributed by atoms with Crippen LogP contribution in [-0.4, -0.2) is 21.5 Å². The number of aliphatic hydroxyl groups excluding tert-OH is 1. The molecule has 0 aliphatic carbocycles. The molecule has 15 heavy (non-hydrogen) atoms. The number of aliphatic hydroxyl groups is 1. The Labute approximate surface area is 88.2 Å². The fourth-order valence-corrected chi connectivity index (χ4v) is 1.28. The predicted molar refractivity (Wildman–Crippen MR) is 56.0 cm³/mol. The Bertz CT molecular complexity index is 353. The summed E-state index contributed by atoms with van der Waals surface area (Å²) in [5, 5.41) is 16.7. The number of rotatable bonds is 5. The molecule has 82 valence electrons. The summed E-state index contributed by atoms with van der Waals surface area (Å²) in [5.74, 6) is 0.504. The summed E-state index contributed by atoms with van der Waals surface area (Å²) >= 11 is 0. The third-order valence-electron chi connectivity index (χ3n) is 1.92. The maximum atomic E-state index is 8.99. The average Bonchev–Trinajstić information content (AvgIpc) is 2.61. The van der Waals surface area contributed by atoms with Crippen molar-refractivity contribution in [2.75, 3.05) is 6.61 Å². The third-order valence-corrected chi connectivity index (χ3v) is 1.92. The van der Waals surface area contributed by atoms with Gasteiger partial charge in [-0.1, -0.05) is 19.0 Å². The van der Waals surface area contributed by atoms with Crippen LogP contribution in [-0.2, 0) is 6.54 Å². The minimum absolute atomic E-state index is 0.219. The largest absolute Gasteiger partial charge is 0.396 e. The van der Waals surface area contributed by atoms with Crippen molar-refractivity contribution in [1.82, 2.24) is 9.78 Å². The van der Waals surface area contributed by atoms with Gasteiger partial charge in [0.05, 0.1) is 12.3 Å². The van der Waals surface area contributed by atoms with E-state index >= 15 is 0 Å². The van der Waals surface area contributed by atoms with E-state index in [0.717, 1.165) is 6.54 Å². The molecule has 0 aromatic carbocycles. The SMILES string of the molecule is CC(C)Cn1ccc(C(CO)N=[N+]=[N-])n1. The first-order valence-electron chi connectivity index (χ1n) is 4.85. The van der Waals surface area contributed by atoms with Crippen molar-refractivity contribution in [2.24, 2.45) is 11.0 Å². The van der Waals surface area contributed by atoms with Crippen molar-refractivity contribution in [1.29, 1.82) is 0 Å². The Morgan fingerprint density at radius 2 is 2.40 bits per heavy atom. The van der Waals surface area contributed by atoms with Crippen LogP contribution in [0.4, 0.5) is 0 Å². The Balaban J connectivity index is 2.77. The average molecular weight is 209 g/mol. The molecule has 0 aliphatic rings. The van der Waals surface area contributed by atoms with Crippen molar-refractivity contribution < 1.29 is 5.11 Å². The topological polar surface area (TPSA) is 86.8 Å². The molecule has 1 aromatic heterocycles. The normalized spacial score (nSPS) is 12.5. The van der Waals surface area contributed by atoms with Crippen molar-refractivity contribution >= 4 is 0 Å². The van der Waals surface area contributed by atoms with E-state index in [-0.39, 0.29) is 6.61 Å². The van der Waals surface area contributed by atoms with Gasteiger partial charge in [-0.25, -0.2) is 0 Å². The molecule has 6 nitrogen and oxygen atoms in total. The molecule has 0 saturated heterocycles. The second-order valence-corrected chi connectivity index (χ2v) is 3.76. The Kier molecular flexibility index (Phi) is 4.15. The van der Waals surface area contributed by atoms with Gasteiger partial charge in [-0.15, -0.1) is 0 Å². The summed E-state index contributed by atoms with van der Waals surface area (Å²) in [6.07, 6.45) is 1.82. The van der Waals surface area contributed by atoms with E-state index in [9.17, 15) is 0 Å². The van der Waals surface area contributed by atoms with Crippen LogP contribution in [0.15, 0.2) is 17.4 Å². The number of aromatic nitrogens is 2. The first-order valence-corrected chi connectivity index (χ1v) is 4.85. The van der Waals surface area contributed by atoms with Crippen LogP contribution in [0.25, 0.3) is 10.4 Å². The van der Waals surface area contributed by atoms with Crippen LogP contribution in [0, 0.1) is 5.92 Å². The lowest BCUT2D eigenvalue weighted by atomic mass is 10.2. The lowest BCUT2D eigenvalue weighted by molar-refractivity contribution is 0.265. The summed E-state index contributed by atoms with van der Waals surface area (Å²) in [7, 11) is 0. The minimum Gasteiger partial charge on any atom is -0.396 e. The number of nitrogens with zero attached hydrogens (tertiary/aromatic N) is 5. The Morgan fingerprint density at radius 1 is 1.67 bits per heavy atom. The highest BCUT2D eigenvalue weighted by Crippen LogP contribution is 2.14. The summed E-state index contributed by atoms with van der Waals surface area (Å²) in [6, 6.07) is 1.18. The number of hydrogen-bond acceptors (Lipinski definition) is 3. The van der Waals surface area contributed by atoms with E-state index in [4.69, 9.17) is 10.6 Å². The van der Waals surface area contributed by atoms with E-state index in [1.807, 2.05) is 6.20 Å². The highest BCUT2D eigenvalue weighted by Gasteiger charge is 2.11. The molecule has 1 heterocycles. The van der Waals surface area contributed by atoms with Gasteiger partial charge in [0.2, 0.25) is 0 Å². The number of azide groups is 1. The summed E-state index contributed by atoms with van der Waals surface area (Å²) in [4.78, 5) is 2.67. The molecule has 0 bridgehead atoms. The highest BCUT2D eigenvalue weighted by atomic mass is 16.3. The van der Waals surface area contributed by atoms with Crippen LogP contribution in [0.1, 0.15) is 25.6 Å². The van der Waals surface area contributed by atoms with Crippen molar-refractivity contribution in [3.8, 4) is 0 Å². The van der Waals surface area contributed by atoms with E-state index in [2.05, 4.69) is 29.0 Å². The molecule has 0 fully saturated rings. The van der Waals surface area contributed by atoms with Crippen LogP contribution in [0.2, 0.25) is 0 Å². The van der Waals surface area contributed by atoms with Gasteiger partial charge >= 0.3 is 0 Å². The first kappa shape index (κ1) is 11.6. The van der Waals surface area contributed by atoms with Crippen molar-refractivity contribution in [3.63, 3.8) is 0 Å². The molecule has 1 atom stereocenters. The highest BCUT2D eigenvalue weighted by molar-refractivity contribution is 5.05.